The molecule has 0 radical (unpaired) electrons. The number of ether oxygens (including phenoxy) is 1. The molecule has 0 atom stereocenters. The van der Waals surface area contributed by atoms with E-state index in [2.05, 4.69) is 10.2 Å². The van der Waals surface area contributed by atoms with Gasteiger partial charge in [0.05, 0.1) is 12.7 Å². The van der Waals surface area contributed by atoms with Crippen molar-refractivity contribution in [2.75, 3.05) is 12.5 Å². The molecule has 4 nitrogen and oxygen atoms in total. The molecule has 0 spiro atoms. The molecule has 0 aliphatic rings. The first-order valence-electron chi connectivity index (χ1n) is 3.43. The van der Waals surface area contributed by atoms with E-state index >= 15 is 0 Å². The smallest absolute Gasteiger partial charge is 0.337 e. The van der Waals surface area contributed by atoms with Gasteiger partial charge in [-0.3, -0.25) is 5.84 Å². The monoisotopic (exact) mass is 202 g/mol. The molecule has 0 aromatic heterocycles. The normalized spacial score (nSPS) is 8.46. The Morgan fingerprint density at radius 1 is 1.38 bits per heavy atom. The maximum Gasteiger partial charge on any atom is 0.337 e. The second-order valence-electron chi connectivity index (χ2n) is 2.21. The molecule has 0 heterocycles. The summed E-state index contributed by atoms with van der Waals surface area (Å²) in [4.78, 5) is 10.9. The average Bonchev–Trinajstić information content (AvgIpc) is 2.17. The third kappa shape index (κ3) is 2.93. The molecule has 13 heavy (non-hydrogen) atoms. The van der Waals surface area contributed by atoms with Gasteiger partial charge in [-0.2, -0.15) is 0 Å². The standard InChI is InChI=1S/C8H10N2O2.ClH/c1-12-8(11)6-2-4-7(10-9)5-3-6;/h2-5,10H,9H2,1H3;1H. The molecule has 0 bridgehead atoms. The number of carbonyl (C=O) groups is 1. The van der Waals surface area contributed by atoms with Gasteiger partial charge >= 0.3 is 5.97 Å². The van der Waals surface area contributed by atoms with E-state index in [1.807, 2.05) is 0 Å². The van der Waals surface area contributed by atoms with Crippen LogP contribution in [-0.4, -0.2) is 13.1 Å². The molecule has 0 amide bonds. The van der Waals surface area contributed by atoms with Crippen molar-refractivity contribution in [2.45, 2.75) is 0 Å². The molecule has 0 saturated heterocycles. The first-order valence-corrected chi connectivity index (χ1v) is 3.43. The van der Waals surface area contributed by atoms with Crippen molar-refractivity contribution in [3.05, 3.63) is 29.8 Å². The highest BCUT2D eigenvalue weighted by atomic mass is 35.5. The van der Waals surface area contributed by atoms with Crippen LogP contribution in [0.2, 0.25) is 0 Å². The highest BCUT2D eigenvalue weighted by molar-refractivity contribution is 5.89. The molecule has 1 rings (SSSR count). The number of hydrogen-bond acceptors (Lipinski definition) is 4. The number of hydrogen-bond donors (Lipinski definition) is 2. The molecule has 0 aliphatic carbocycles. The summed E-state index contributed by atoms with van der Waals surface area (Å²) >= 11 is 0. The van der Waals surface area contributed by atoms with Crippen LogP contribution in [-0.2, 0) is 4.74 Å². The van der Waals surface area contributed by atoms with Gasteiger partial charge in [-0.05, 0) is 24.3 Å². The summed E-state index contributed by atoms with van der Waals surface area (Å²) < 4.78 is 4.52. The number of nitrogens with one attached hydrogen (secondary N) is 1. The third-order valence-electron chi connectivity index (χ3n) is 1.47. The number of halogens is 1. The fraction of sp³-hybridized carbons (Fsp3) is 0.125. The van der Waals surface area contributed by atoms with Gasteiger partial charge in [-0.15, -0.1) is 12.4 Å². The van der Waals surface area contributed by atoms with E-state index in [0.717, 1.165) is 5.69 Å². The molecule has 0 aliphatic heterocycles. The Hall–Kier alpha value is -1.26. The summed E-state index contributed by atoms with van der Waals surface area (Å²) in [5, 5.41) is 0. The van der Waals surface area contributed by atoms with Gasteiger partial charge < -0.3 is 10.2 Å². The van der Waals surface area contributed by atoms with Crippen LogP contribution >= 0.6 is 12.4 Å². The Kier molecular flexibility index (Phi) is 4.87. The van der Waals surface area contributed by atoms with Gasteiger partial charge in [0.1, 0.15) is 0 Å². The Labute approximate surface area is 82.4 Å². The van der Waals surface area contributed by atoms with Gasteiger partial charge in [0, 0.05) is 5.69 Å². The maximum atomic E-state index is 10.9. The highest BCUT2D eigenvalue weighted by Crippen LogP contribution is 2.08. The Morgan fingerprint density at radius 3 is 2.31 bits per heavy atom. The summed E-state index contributed by atoms with van der Waals surface area (Å²) in [5.74, 6) is 4.79. The number of hydrazine groups is 1. The van der Waals surface area contributed by atoms with E-state index in [4.69, 9.17) is 5.84 Å². The number of carbonyl (C=O) groups excluding carboxylic acids is 1. The summed E-state index contributed by atoms with van der Waals surface area (Å²) in [6.45, 7) is 0. The highest BCUT2D eigenvalue weighted by Gasteiger charge is 2.02. The topological polar surface area (TPSA) is 64.3 Å². The Morgan fingerprint density at radius 2 is 1.92 bits per heavy atom. The van der Waals surface area contributed by atoms with Gasteiger partial charge in [-0.1, -0.05) is 0 Å². The molecule has 1 aromatic carbocycles. The minimum Gasteiger partial charge on any atom is -0.465 e. The zero-order valence-corrected chi connectivity index (χ0v) is 7.93. The summed E-state index contributed by atoms with van der Waals surface area (Å²) in [6.07, 6.45) is 0. The zero-order chi connectivity index (χ0) is 8.97. The Bertz CT molecular complexity index is 274. The van der Waals surface area contributed by atoms with E-state index < -0.39 is 0 Å². The molecular weight excluding hydrogens is 192 g/mol. The summed E-state index contributed by atoms with van der Waals surface area (Å²) in [6, 6.07) is 6.68. The largest absolute Gasteiger partial charge is 0.465 e. The fourth-order valence-corrected chi connectivity index (χ4v) is 0.820. The zero-order valence-electron chi connectivity index (χ0n) is 7.11. The van der Waals surface area contributed by atoms with Crippen molar-refractivity contribution in [1.82, 2.24) is 0 Å². The van der Waals surface area contributed by atoms with Crippen LogP contribution in [0.1, 0.15) is 10.4 Å². The van der Waals surface area contributed by atoms with Crippen LogP contribution in [0.15, 0.2) is 24.3 Å². The molecule has 0 saturated carbocycles. The third-order valence-corrected chi connectivity index (χ3v) is 1.47. The second-order valence-corrected chi connectivity index (χ2v) is 2.21. The number of benzene rings is 1. The molecule has 5 heteroatoms. The molecular formula is C8H11ClN2O2. The lowest BCUT2D eigenvalue weighted by Crippen LogP contribution is -2.07. The van der Waals surface area contributed by atoms with Crippen molar-refractivity contribution in [3.8, 4) is 0 Å². The van der Waals surface area contributed by atoms with Gasteiger partial charge in [-0.25, -0.2) is 4.79 Å². The van der Waals surface area contributed by atoms with E-state index in [1.54, 1.807) is 24.3 Å². The number of esters is 1. The lowest BCUT2D eigenvalue weighted by Gasteiger charge is -2.00. The predicted octanol–water partition coefficient (Wildman–Crippen LogP) is 1.18. The average molecular weight is 203 g/mol. The van der Waals surface area contributed by atoms with Crippen molar-refractivity contribution in [2.24, 2.45) is 5.84 Å². The van der Waals surface area contributed by atoms with Crippen LogP contribution in [0, 0.1) is 0 Å². The van der Waals surface area contributed by atoms with Gasteiger partial charge in [0.15, 0.2) is 0 Å². The molecule has 3 N–H and O–H groups in total. The number of rotatable bonds is 2. The van der Waals surface area contributed by atoms with Gasteiger partial charge in [0.25, 0.3) is 0 Å². The van der Waals surface area contributed by atoms with E-state index in [-0.39, 0.29) is 18.4 Å². The van der Waals surface area contributed by atoms with Crippen LogP contribution in [0.3, 0.4) is 0 Å². The van der Waals surface area contributed by atoms with Crippen LogP contribution in [0.4, 0.5) is 5.69 Å². The first kappa shape index (κ1) is 11.7. The van der Waals surface area contributed by atoms with Crippen molar-refractivity contribution in [1.29, 1.82) is 0 Å². The number of anilines is 1. The van der Waals surface area contributed by atoms with Crippen LogP contribution in [0.5, 0.6) is 0 Å². The minimum atomic E-state index is -0.349. The van der Waals surface area contributed by atoms with E-state index in [0.29, 0.717) is 5.56 Å². The lowest BCUT2D eigenvalue weighted by molar-refractivity contribution is 0.0601. The number of nitrogen functional groups attached to an aromatic ring is 1. The second kappa shape index (κ2) is 5.40. The maximum absolute atomic E-state index is 10.9. The van der Waals surface area contributed by atoms with E-state index in [9.17, 15) is 4.79 Å². The number of methoxy groups -OCH3 is 1. The van der Waals surface area contributed by atoms with Crippen LogP contribution < -0.4 is 11.3 Å². The fourth-order valence-electron chi connectivity index (χ4n) is 0.820. The quantitative estimate of drug-likeness (QED) is 0.430. The molecule has 72 valence electrons. The summed E-state index contributed by atoms with van der Waals surface area (Å²) in [7, 11) is 1.34. The molecule has 1 aromatic rings. The van der Waals surface area contributed by atoms with Crippen molar-refractivity contribution < 1.29 is 9.53 Å². The summed E-state index contributed by atoms with van der Waals surface area (Å²) in [5.41, 5.74) is 3.72. The van der Waals surface area contributed by atoms with Crippen molar-refractivity contribution in [3.63, 3.8) is 0 Å². The van der Waals surface area contributed by atoms with E-state index in [1.165, 1.54) is 7.11 Å². The predicted molar refractivity (Wildman–Crippen MR) is 52.8 cm³/mol. The van der Waals surface area contributed by atoms with Crippen LogP contribution in [0.25, 0.3) is 0 Å². The molecule has 0 unspecified atom stereocenters. The van der Waals surface area contributed by atoms with Crippen molar-refractivity contribution >= 4 is 24.1 Å². The SMILES string of the molecule is COC(=O)c1ccc(NN)cc1.Cl. The first-order chi connectivity index (χ1) is 5.77. The number of nitrogens with two attached hydrogens (primary N) is 1. The Balaban J connectivity index is 0.00000144. The minimum absolute atomic E-state index is 0. The molecule has 0 fully saturated rings. The lowest BCUT2D eigenvalue weighted by atomic mass is 10.2. The van der Waals surface area contributed by atoms with Gasteiger partial charge in [0.2, 0.25) is 0 Å².